The van der Waals surface area contributed by atoms with Gasteiger partial charge in [-0.05, 0) is 32.5 Å². The molecular weight excluding hydrogens is 421 g/mol. The van der Waals surface area contributed by atoms with Gasteiger partial charge in [0, 0.05) is 45.0 Å². The molecule has 2 aromatic rings. The third kappa shape index (κ3) is 5.50. The average molecular weight is 445 g/mol. The first kappa shape index (κ1) is 22.5. The molecule has 1 atom stereocenters. The quantitative estimate of drug-likeness (QED) is 0.739. The number of nitrogens with one attached hydrogen (secondary N) is 1. The standard InChI is InChI=1S/C19H24ClF3N6O/c1-13(5-6-28-9-7-27(2)8-10-28)26-15-12-25-29(18(30)17(15)20)16-4-3-14(11-24-16)19(21,22)23/h3-4,11-13,26H,5-10H2,1-2H3. The van der Waals surface area contributed by atoms with E-state index in [0.29, 0.717) is 11.9 Å². The van der Waals surface area contributed by atoms with E-state index in [1.807, 2.05) is 6.92 Å². The van der Waals surface area contributed by atoms with Crippen LogP contribution in [0.4, 0.5) is 18.9 Å². The molecule has 30 heavy (non-hydrogen) atoms. The SMILES string of the molecule is CC(CCN1CCN(C)CC1)Nc1cnn(-c2ccc(C(F)(F)F)cn2)c(=O)c1Cl. The Labute approximate surface area is 177 Å². The summed E-state index contributed by atoms with van der Waals surface area (Å²) in [5.41, 5.74) is -1.17. The van der Waals surface area contributed by atoms with Gasteiger partial charge < -0.3 is 15.1 Å². The number of pyridine rings is 1. The normalized spacial score (nSPS) is 17.1. The Balaban J connectivity index is 1.65. The highest BCUT2D eigenvalue weighted by Crippen LogP contribution is 2.28. The van der Waals surface area contributed by atoms with Crippen molar-refractivity contribution < 1.29 is 13.2 Å². The Morgan fingerprint density at radius 3 is 2.50 bits per heavy atom. The molecule has 7 nitrogen and oxygen atoms in total. The van der Waals surface area contributed by atoms with Crippen molar-refractivity contribution in [3.8, 4) is 5.82 Å². The molecule has 0 amide bonds. The highest BCUT2D eigenvalue weighted by molar-refractivity contribution is 6.32. The summed E-state index contributed by atoms with van der Waals surface area (Å²) in [6.45, 7) is 7.08. The van der Waals surface area contributed by atoms with E-state index in [1.54, 1.807) is 0 Å². The van der Waals surface area contributed by atoms with Gasteiger partial charge in [-0.2, -0.15) is 23.0 Å². The van der Waals surface area contributed by atoms with E-state index in [-0.39, 0.29) is 16.9 Å². The minimum atomic E-state index is -4.50. The number of likely N-dealkylation sites (N-methyl/N-ethyl adjacent to an activating group) is 1. The minimum absolute atomic E-state index is 0.0374. The molecule has 1 saturated heterocycles. The van der Waals surface area contributed by atoms with E-state index in [9.17, 15) is 18.0 Å². The maximum atomic E-state index is 12.7. The molecule has 164 valence electrons. The van der Waals surface area contributed by atoms with Crippen LogP contribution in [0.1, 0.15) is 18.9 Å². The van der Waals surface area contributed by atoms with Gasteiger partial charge in [0.1, 0.15) is 5.02 Å². The molecule has 3 rings (SSSR count). The first-order chi connectivity index (χ1) is 14.1. The second-order valence-electron chi connectivity index (χ2n) is 7.47. The fourth-order valence-corrected chi connectivity index (χ4v) is 3.34. The second kappa shape index (κ2) is 9.32. The number of nitrogens with zero attached hydrogens (tertiary/aromatic N) is 5. The summed E-state index contributed by atoms with van der Waals surface area (Å²) in [5.74, 6) is -0.0374. The smallest absolute Gasteiger partial charge is 0.380 e. The predicted molar refractivity (Wildman–Crippen MR) is 109 cm³/mol. The molecule has 0 aromatic carbocycles. The number of anilines is 1. The maximum absolute atomic E-state index is 12.7. The van der Waals surface area contributed by atoms with Gasteiger partial charge in [-0.1, -0.05) is 11.6 Å². The Morgan fingerprint density at radius 2 is 1.90 bits per heavy atom. The van der Waals surface area contributed by atoms with Gasteiger partial charge >= 0.3 is 6.18 Å². The van der Waals surface area contributed by atoms with Gasteiger partial charge in [0.15, 0.2) is 5.82 Å². The van der Waals surface area contributed by atoms with Crippen LogP contribution in [0.25, 0.3) is 5.82 Å². The van der Waals surface area contributed by atoms with Crippen LogP contribution in [0, 0.1) is 0 Å². The first-order valence-corrected chi connectivity index (χ1v) is 10.0. The van der Waals surface area contributed by atoms with Crippen LogP contribution in [0.3, 0.4) is 0 Å². The van der Waals surface area contributed by atoms with Crippen LogP contribution in [0.5, 0.6) is 0 Å². The van der Waals surface area contributed by atoms with E-state index in [1.165, 1.54) is 6.20 Å². The fourth-order valence-electron chi connectivity index (χ4n) is 3.16. The summed E-state index contributed by atoms with van der Waals surface area (Å²) in [7, 11) is 2.11. The predicted octanol–water partition coefficient (Wildman–Crippen LogP) is 2.74. The van der Waals surface area contributed by atoms with Crippen molar-refractivity contribution in [3.05, 3.63) is 45.5 Å². The molecule has 3 heterocycles. The number of halogens is 4. The molecule has 0 aliphatic carbocycles. The maximum Gasteiger partial charge on any atom is 0.417 e. The molecule has 1 unspecified atom stereocenters. The van der Waals surface area contributed by atoms with Gasteiger partial charge in [0.2, 0.25) is 0 Å². The van der Waals surface area contributed by atoms with Crippen molar-refractivity contribution in [2.75, 3.05) is 45.1 Å². The molecule has 0 saturated carbocycles. The van der Waals surface area contributed by atoms with Gasteiger partial charge in [-0.25, -0.2) is 4.98 Å². The number of hydrogen-bond acceptors (Lipinski definition) is 6. The van der Waals surface area contributed by atoms with Gasteiger partial charge in [-0.3, -0.25) is 4.79 Å². The third-order valence-electron chi connectivity index (χ3n) is 5.09. The van der Waals surface area contributed by atoms with Crippen molar-refractivity contribution in [2.24, 2.45) is 0 Å². The molecule has 1 N–H and O–H groups in total. The topological polar surface area (TPSA) is 66.3 Å². The average Bonchev–Trinajstić information content (AvgIpc) is 2.71. The molecule has 0 spiro atoms. The molecule has 0 bridgehead atoms. The summed E-state index contributed by atoms with van der Waals surface area (Å²) in [4.78, 5) is 20.9. The van der Waals surface area contributed by atoms with Crippen molar-refractivity contribution in [1.29, 1.82) is 0 Å². The van der Waals surface area contributed by atoms with E-state index in [0.717, 1.165) is 56.0 Å². The Morgan fingerprint density at radius 1 is 1.20 bits per heavy atom. The lowest BCUT2D eigenvalue weighted by molar-refractivity contribution is -0.137. The van der Waals surface area contributed by atoms with Crippen molar-refractivity contribution in [3.63, 3.8) is 0 Å². The zero-order chi connectivity index (χ0) is 21.9. The Hall–Kier alpha value is -2.17. The second-order valence-corrected chi connectivity index (χ2v) is 7.85. The van der Waals surface area contributed by atoms with Crippen molar-refractivity contribution >= 4 is 17.3 Å². The molecule has 0 radical (unpaired) electrons. The van der Waals surface area contributed by atoms with Crippen LogP contribution in [0.15, 0.2) is 29.3 Å². The summed E-state index contributed by atoms with van der Waals surface area (Å²) >= 11 is 6.20. The molecule has 1 fully saturated rings. The highest BCUT2D eigenvalue weighted by atomic mass is 35.5. The third-order valence-corrected chi connectivity index (χ3v) is 5.45. The molecule has 11 heteroatoms. The number of aromatic nitrogens is 3. The molecule has 2 aromatic heterocycles. The van der Waals surface area contributed by atoms with Gasteiger partial charge in [-0.15, -0.1) is 0 Å². The lowest BCUT2D eigenvalue weighted by Crippen LogP contribution is -2.45. The van der Waals surface area contributed by atoms with Crippen LogP contribution >= 0.6 is 11.6 Å². The zero-order valence-electron chi connectivity index (χ0n) is 16.8. The van der Waals surface area contributed by atoms with Crippen LogP contribution < -0.4 is 10.9 Å². The van der Waals surface area contributed by atoms with E-state index in [4.69, 9.17) is 11.6 Å². The monoisotopic (exact) mass is 444 g/mol. The Kier molecular flexibility index (Phi) is 6.99. The molecular formula is C19H24ClF3N6O. The molecule has 1 aliphatic rings. The van der Waals surface area contributed by atoms with Crippen LogP contribution in [-0.2, 0) is 6.18 Å². The summed E-state index contributed by atoms with van der Waals surface area (Å²) in [5, 5.41) is 7.12. The highest BCUT2D eigenvalue weighted by Gasteiger charge is 2.30. The van der Waals surface area contributed by atoms with E-state index < -0.39 is 17.3 Å². The number of hydrogen-bond donors (Lipinski definition) is 1. The lowest BCUT2D eigenvalue weighted by Gasteiger charge is -2.33. The van der Waals surface area contributed by atoms with Crippen molar-refractivity contribution in [2.45, 2.75) is 25.6 Å². The number of alkyl halides is 3. The van der Waals surface area contributed by atoms with Gasteiger partial charge in [0.05, 0.1) is 17.4 Å². The van der Waals surface area contributed by atoms with Crippen molar-refractivity contribution in [1.82, 2.24) is 24.6 Å². The Bertz CT molecular complexity index is 910. The van der Waals surface area contributed by atoms with E-state index >= 15 is 0 Å². The fraction of sp³-hybridized carbons (Fsp3) is 0.526. The van der Waals surface area contributed by atoms with E-state index in [2.05, 4.69) is 32.2 Å². The summed E-state index contributed by atoms with van der Waals surface area (Å²) in [6.07, 6.45) is -1.60. The largest absolute Gasteiger partial charge is 0.417 e. The van der Waals surface area contributed by atoms with Gasteiger partial charge in [0.25, 0.3) is 5.56 Å². The summed E-state index contributed by atoms with van der Waals surface area (Å²) < 4.78 is 38.9. The lowest BCUT2D eigenvalue weighted by atomic mass is 10.2. The van der Waals surface area contributed by atoms with Crippen LogP contribution in [-0.4, -0.2) is 70.4 Å². The first-order valence-electron chi connectivity index (χ1n) is 9.64. The number of rotatable bonds is 6. The van der Waals surface area contributed by atoms with Crippen LogP contribution in [0.2, 0.25) is 5.02 Å². The zero-order valence-corrected chi connectivity index (χ0v) is 17.5. The number of piperazine rings is 1. The minimum Gasteiger partial charge on any atom is -0.380 e. The molecule has 1 aliphatic heterocycles. The summed E-state index contributed by atoms with van der Waals surface area (Å²) in [6, 6.07) is 1.99.